The standard InChI is InChI=1S/C14H15NO6/c1-18-12-7-10(15(16)17)13-11(20-12)8-19-14(21-13)9-5-3-2-4-6-9/h2-7,11-14H,8H2,1H3/t11-,12-,13+,14-/m1/s1. The van der Waals surface area contributed by atoms with Crippen molar-refractivity contribution in [2.45, 2.75) is 24.8 Å². The van der Waals surface area contributed by atoms with Crippen molar-refractivity contribution in [1.82, 2.24) is 0 Å². The molecule has 7 heteroatoms. The second kappa shape index (κ2) is 5.90. The van der Waals surface area contributed by atoms with Gasteiger partial charge in [-0.2, -0.15) is 0 Å². The molecule has 4 atom stereocenters. The Bertz CT molecular complexity index is 546. The van der Waals surface area contributed by atoms with Gasteiger partial charge in [0.05, 0.1) is 11.5 Å². The molecule has 1 aromatic rings. The van der Waals surface area contributed by atoms with E-state index in [-0.39, 0.29) is 12.3 Å². The lowest BCUT2D eigenvalue weighted by molar-refractivity contribution is -0.455. The van der Waals surface area contributed by atoms with E-state index in [0.29, 0.717) is 0 Å². The van der Waals surface area contributed by atoms with Crippen LogP contribution in [0.15, 0.2) is 42.1 Å². The van der Waals surface area contributed by atoms with Gasteiger partial charge >= 0.3 is 0 Å². The van der Waals surface area contributed by atoms with Gasteiger partial charge in [0.1, 0.15) is 6.10 Å². The minimum absolute atomic E-state index is 0.0534. The van der Waals surface area contributed by atoms with Crippen molar-refractivity contribution >= 4 is 0 Å². The molecule has 2 heterocycles. The molecule has 0 spiro atoms. The van der Waals surface area contributed by atoms with E-state index < -0.39 is 29.7 Å². The molecule has 7 nitrogen and oxygen atoms in total. The Morgan fingerprint density at radius 1 is 1.29 bits per heavy atom. The number of ether oxygens (including phenoxy) is 4. The molecule has 0 radical (unpaired) electrons. The Morgan fingerprint density at radius 3 is 2.71 bits per heavy atom. The van der Waals surface area contributed by atoms with Crippen LogP contribution in [0.2, 0.25) is 0 Å². The largest absolute Gasteiger partial charge is 0.352 e. The smallest absolute Gasteiger partial charge is 0.278 e. The number of nitro groups is 1. The van der Waals surface area contributed by atoms with Gasteiger partial charge in [0, 0.05) is 18.7 Å². The van der Waals surface area contributed by atoms with Crippen LogP contribution in [0.5, 0.6) is 0 Å². The highest BCUT2D eigenvalue weighted by Crippen LogP contribution is 2.34. The second-order valence-electron chi connectivity index (χ2n) is 4.76. The first-order valence-corrected chi connectivity index (χ1v) is 6.55. The molecule has 0 bridgehead atoms. The Balaban J connectivity index is 1.84. The first-order chi connectivity index (χ1) is 10.2. The highest BCUT2D eigenvalue weighted by Gasteiger charge is 2.45. The molecule has 1 saturated heterocycles. The van der Waals surface area contributed by atoms with Gasteiger partial charge in [-0.05, 0) is 0 Å². The highest BCUT2D eigenvalue weighted by atomic mass is 16.7. The molecule has 1 fully saturated rings. The van der Waals surface area contributed by atoms with Crippen LogP contribution in [-0.4, -0.2) is 37.1 Å². The van der Waals surface area contributed by atoms with Gasteiger partial charge in [0.2, 0.25) is 0 Å². The number of methoxy groups -OCH3 is 1. The van der Waals surface area contributed by atoms with Gasteiger partial charge in [0.15, 0.2) is 18.7 Å². The number of nitrogens with zero attached hydrogens (tertiary/aromatic N) is 1. The van der Waals surface area contributed by atoms with Crippen molar-refractivity contribution in [3.05, 3.63) is 57.8 Å². The molecule has 3 rings (SSSR count). The molecule has 0 saturated carbocycles. The molecule has 0 amide bonds. The maximum atomic E-state index is 11.2. The summed E-state index contributed by atoms with van der Waals surface area (Å²) in [6, 6.07) is 9.29. The number of hydrogen-bond acceptors (Lipinski definition) is 6. The van der Waals surface area contributed by atoms with Crippen LogP contribution in [0.1, 0.15) is 11.9 Å². The summed E-state index contributed by atoms with van der Waals surface area (Å²) in [5, 5.41) is 11.2. The van der Waals surface area contributed by atoms with Crippen LogP contribution in [0, 0.1) is 10.1 Å². The predicted octanol–water partition coefficient (Wildman–Crippen LogP) is 1.63. The molecule has 21 heavy (non-hydrogen) atoms. The fourth-order valence-corrected chi connectivity index (χ4v) is 2.42. The van der Waals surface area contributed by atoms with Crippen molar-refractivity contribution in [3.8, 4) is 0 Å². The summed E-state index contributed by atoms with van der Waals surface area (Å²) in [6.07, 6.45) is -1.40. The first kappa shape index (κ1) is 14.2. The fraction of sp³-hybridized carbons (Fsp3) is 0.429. The Morgan fingerprint density at radius 2 is 2.05 bits per heavy atom. The topological polar surface area (TPSA) is 80.1 Å². The number of fused-ring (bicyclic) bond motifs is 1. The quantitative estimate of drug-likeness (QED) is 0.622. The maximum Gasteiger partial charge on any atom is 0.278 e. The molecule has 1 aromatic carbocycles. The number of hydrogen-bond donors (Lipinski definition) is 0. The highest BCUT2D eigenvalue weighted by molar-refractivity contribution is 5.18. The van der Waals surface area contributed by atoms with Gasteiger partial charge in [-0.25, -0.2) is 0 Å². The molecule has 2 aliphatic heterocycles. The third-order valence-electron chi connectivity index (χ3n) is 3.44. The van der Waals surface area contributed by atoms with E-state index in [4.69, 9.17) is 18.9 Å². The number of rotatable bonds is 3. The Kier molecular flexibility index (Phi) is 3.98. The molecular weight excluding hydrogens is 278 g/mol. The molecule has 0 aromatic heterocycles. The lowest BCUT2D eigenvalue weighted by atomic mass is 10.1. The van der Waals surface area contributed by atoms with Crippen molar-refractivity contribution in [2.24, 2.45) is 0 Å². The summed E-state index contributed by atoms with van der Waals surface area (Å²) in [4.78, 5) is 10.8. The Hall–Kier alpha value is -1.80. The van der Waals surface area contributed by atoms with E-state index in [1.54, 1.807) is 0 Å². The summed E-state index contributed by atoms with van der Waals surface area (Å²) in [5.41, 5.74) is 0.759. The summed E-state index contributed by atoms with van der Waals surface area (Å²) in [6.45, 7) is 0.204. The van der Waals surface area contributed by atoms with Crippen LogP contribution in [-0.2, 0) is 18.9 Å². The van der Waals surface area contributed by atoms with Crippen LogP contribution >= 0.6 is 0 Å². The van der Waals surface area contributed by atoms with Crippen LogP contribution in [0.4, 0.5) is 0 Å². The van der Waals surface area contributed by atoms with Crippen molar-refractivity contribution < 1.29 is 23.9 Å². The zero-order chi connectivity index (χ0) is 14.8. The lowest BCUT2D eigenvalue weighted by Crippen LogP contribution is -2.49. The van der Waals surface area contributed by atoms with Gasteiger partial charge in [-0.3, -0.25) is 10.1 Å². The molecule has 2 aliphatic rings. The minimum atomic E-state index is -0.773. The number of benzene rings is 1. The van der Waals surface area contributed by atoms with E-state index in [1.165, 1.54) is 13.2 Å². The van der Waals surface area contributed by atoms with E-state index in [0.717, 1.165) is 5.56 Å². The van der Waals surface area contributed by atoms with Gasteiger partial charge in [-0.15, -0.1) is 0 Å². The van der Waals surface area contributed by atoms with Crippen molar-refractivity contribution in [3.63, 3.8) is 0 Å². The zero-order valence-electron chi connectivity index (χ0n) is 11.4. The van der Waals surface area contributed by atoms with Crippen LogP contribution in [0.25, 0.3) is 0 Å². The maximum absolute atomic E-state index is 11.2. The van der Waals surface area contributed by atoms with E-state index in [1.807, 2.05) is 30.3 Å². The van der Waals surface area contributed by atoms with E-state index >= 15 is 0 Å². The Labute approximate surface area is 121 Å². The van der Waals surface area contributed by atoms with Crippen LogP contribution < -0.4 is 0 Å². The predicted molar refractivity (Wildman–Crippen MR) is 70.8 cm³/mol. The lowest BCUT2D eigenvalue weighted by Gasteiger charge is -2.38. The van der Waals surface area contributed by atoms with Crippen LogP contribution in [0.3, 0.4) is 0 Å². The monoisotopic (exact) mass is 293 g/mol. The third-order valence-corrected chi connectivity index (χ3v) is 3.44. The fourth-order valence-electron chi connectivity index (χ4n) is 2.42. The zero-order valence-corrected chi connectivity index (χ0v) is 11.4. The molecule has 0 aliphatic carbocycles. The van der Waals surface area contributed by atoms with Crippen molar-refractivity contribution in [1.29, 1.82) is 0 Å². The third kappa shape index (κ3) is 2.81. The van der Waals surface area contributed by atoms with Gasteiger partial charge in [-0.1, -0.05) is 30.3 Å². The normalized spacial score (nSPS) is 32.1. The SMILES string of the molecule is CO[C@H]1C=C([N+](=O)[O-])[C@@H]2O[C@H](c3ccccc3)OC[C@H]2O1. The summed E-state index contributed by atoms with van der Waals surface area (Å²) >= 11 is 0. The van der Waals surface area contributed by atoms with E-state index in [9.17, 15) is 10.1 Å². The van der Waals surface area contributed by atoms with Crippen molar-refractivity contribution in [2.75, 3.05) is 13.7 Å². The molecule has 0 N–H and O–H groups in total. The summed E-state index contributed by atoms with van der Waals surface area (Å²) in [7, 11) is 1.43. The molecule has 0 unspecified atom stereocenters. The second-order valence-corrected chi connectivity index (χ2v) is 4.76. The van der Waals surface area contributed by atoms with Gasteiger partial charge in [0.25, 0.3) is 5.70 Å². The minimum Gasteiger partial charge on any atom is -0.352 e. The van der Waals surface area contributed by atoms with E-state index in [2.05, 4.69) is 0 Å². The molecular formula is C14H15NO6. The summed E-state index contributed by atoms with van der Waals surface area (Å²) in [5.74, 6) is 0. The average Bonchev–Trinajstić information content (AvgIpc) is 2.54. The van der Waals surface area contributed by atoms with Gasteiger partial charge < -0.3 is 18.9 Å². The molecule has 112 valence electrons. The summed E-state index contributed by atoms with van der Waals surface area (Å²) < 4.78 is 21.9. The first-order valence-electron chi connectivity index (χ1n) is 6.55. The average molecular weight is 293 g/mol.